The molecule has 0 radical (unpaired) electrons. The zero-order valence-electron chi connectivity index (χ0n) is 16.0. The fraction of sp³-hybridized carbons (Fsp3) is 0.174. The first-order valence-electron chi connectivity index (χ1n) is 9.45. The monoisotopic (exact) mass is 385 g/mol. The van der Waals surface area contributed by atoms with Crippen molar-refractivity contribution < 1.29 is 14.3 Å². The molecule has 144 valence electrons. The number of nitrogens with zero attached hydrogens (tertiary/aromatic N) is 3. The molecule has 1 aromatic carbocycles. The molecule has 4 heterocycles. The molecule has 6 nitrogen and oxygen atoms in total. The van der Waals surface area contributed by atoms with E-state index in [0.717, 1.165) is 29.0 Å². The number of ether oxygens (including phenoxy) is 2. The Kier molecular flexibility index (Phi) is 4.33. The van der Waals surface area contributed by atoms with E-state index in [0.29, 0.717) is 30.3 Å². The standard InChI is InChI=1S/C23H19N3O3/c1-15-22-17(13-26(14-28-22)12-16-5-4-7-24-11-16)9-19-21(27)20(29-23(15)19)10-18-6-2-3-8-25-18/h2-11H,12-14H2,1H3/b20-10-. The molecule has 2 aliphatic rings. The molecule has 0 atom stereocenters. The van der Waals surface area contributed by atoms with Gasteiger partial charge in [-0.3, -0.25) is 19.7 Å². The van der Waals surface area contributed by atoms with Crippen LogP contribution in [0.4, 0.5) is 0 Å². The maximum atomic E-state index is 12.9. The van der Waals surface area contributed by atoms with E-state index in [1.54, 1.807) is 18.5 Å². The molecule has 2 aromatic heterocycles. The summed E-state index contributed by atoms with van der Waals surface area (Å²) in [5.74, 6) is 1.55. The highest BCUT2D eigenvalue weighted by atomic mass is 16.5. The van der Waals surface area contributed by atoms with E-state index in [9.17, 15) is 4.79 Å². The summed E-state index contributed by atoms with van der Waals surface area (Å²) >= 11 is 0. The molecule has 0 fully saturated rings. The van der Waals surface area contributed by atoms with Gasteiger partial charge in [0.25, 0.3) is 0 Å². The Bertz CT molecular complexity index is 1110. The molecule has 2 aliphatic heterocycles. The minimum Gasteiger partial charge on any atom is -0.477 e. The number of carbonyl (C=O) groups is 1. The SMILES string of the molecule is Cc1c2c(cc3c1O/C(=C\c1ccccn1)C3=O)CN(Cc1cccnc1)CO2. The summed E-state index contributed by atoms with van der Waals surface area (Å²) in [6.45, 7) is 3.85. The van der Waals surface area contributed by atoms with Crippen LogP contribution in [0.2, 0.25) is 0 Å². The number of Topliss-reactive ketones (excluding diaryl/α,β-unsaturated/α-hetero) is 1. The minimum atomic E-state index is -0.124. The number of hydrogen-bond acceptors (Lipinski definition) is 6. The van der Waals surface area contributed by atoms with Crippen LogP contribution in [0, 0.1) is 6.92 Å². The average Bonchev–Trinajstić information content (AvgIpc) is 3.05. The summed E-state index contributed by atoms with van der Waals surface area (Å²) < 4.78 is 11.9. The van der Waals surface area contributed by atoms with Crippen molar-refractivity contribution in [3.63, 3.8) is 0 Å². The lowest BCUT2D eigenvalue weighted by molar-refractivity contribution is 0.0876. The van der Waals surface area contributed by atoms with Crippen LogP contribution in [0.3, 0.4) is 0 Å². The Labute approximate surface area is 168 Å². The first-order valence-corrected chi connectivity index (χ1v) is 9.45. The van der Waals surface area contributed by atoms with Crippen molar-refractivity contribution >= 4 is 11.9 Å². The number of aromatic nitrogens is 2. The van der Waals surface area contributed by atoms with Gasteiger partial charge >= 0.3 is 0 Å². The first kappa shape index (κ1) is 17.6. The van der Waals surface area contributed by atoms with Crippen LogP contribution in [0.5, 0.6) is 11.5 Å². The largest absolute Gasteiger partial charge is 0.477 e. The van der Waals surface area contributed by atoms with Crippen molar-refractivity contribution in [3.05, 3.63) is 88.7 Å². The molecule has 0 unspecified atom stereocenters. The van der Waals surface area contributed by atoms with Crippen LogP contribution >= 0.6 is 0 Å². The fourth-order valence-electron chi connectivity index (χ4n) is 3.74. The van der Waals surface area contributed by atoms with E-state index in [1.165, 1.54) is 0 Å². The predicted molar refractivity (Wildman–Crippen MR) is 107 cm³/mol. The van der Waals surface area contributed by atoms with Crippen molar-refractivity contribution in [3.8, 4) is 11.5 Å². The molecule has 0 bridgehead atoms. The third kappa shape index (κ3) is 3.28. The van der Waals surface area contributed by atoms with Gasteiger partial charge in [0.1, 0.15) is 18.2 Å². The third-order valence-corrected chi connectivity index (χ3v) is 5.10. The van der Waals surface area contributed by atoms with E-state index < -0.39 is 0 Å². The van der Waals surface area contributed by atoms with Gasteiger partial charge in [0.05, 0.1) is 11.3 Å². The molecule has 0 amide bonds. The van der Waals surface area contributed by atoms with Crippen molar-refractivity contribution in [2.75, 3.05) is 6.73 Å². The number of benzene rings is 1. The van der Waals surface area contributed by atoms with Gasteiger partial charge in [-0.05, 0) is 36.8 Å². The predicted octanol–water partition coefficient (Wildman–Crippen LogP) is 3.75. The van der Waals surface area contributed by atoms with Gasteiger partial charge in [0.15, 0.2) is 5.76 Å². The number of ketones is 1. The molecule has 6 heteroatoms. The van der Waals surface area contributed by atoms with E-state index in [4.69, 9.17) is 9.47 Å². The molecule has 5 rings (SSSR count). The fourth-order valence-corrected chi connectivity index (χ4v) is 3.74. The Balaban J connectivity index is 1.44. The van der Waals surface area contributed by atoms with E-state index in [-0.39, 0.29) is 11.5 Å². The van der Waals surface area contributed by atoms with Gasteiger partial charge < -0.3 is 9.47 Å². The van der Waals surface area contributed by atoms with Crippen LogP contribution < -0.4 is 9.47 Å². The average molecular weight is 385 g/mol. The van der Waals surface area contributed by atoms with Gasteiger partial charge in [0.2, 0.25) is 5.78 Å². The second kappa shape index (κ2) is 7.14. The number of pyridine rings is 2. The van der Waals surface area contributed by atoms with Crippen molar-refractivity contribution in [1.82, 2.24) is 14.9 Å². The topological polar surface area (TPSA) is 64.5 Å². The molecule has 0 spiro atoms. The number of fused-ring (bicyclic) bond motifs is 2. The van der Waals surface area contributed by atoms with Crippen molar-refractivity contribution in [2.24, 2.45) is 0 Å². The molecule has 3 aromatic rings. The Hall–Kier alpha value is -3.51. The molecular formula is C23H19N3O3. The Morgan fingerprint density at radius 1 is 1.17 bits per heavy atom. The number of allylic oxidation sites excluding steroid dienone is 1. The van der Waals surface area contributed by atoms with Crippen LogP contribution in [-0.2, 0) is 13.1 Å². The maximum Gasteiger partial charge on any atom is 0.232 e. The molecular weight excluding hydrogens is 366 g/mol. The highest BCUT2D eigenvalue weighted by molar-refractivity contribution is 6.15. The zero-order chi connectivity index (χ0) is 19.8. The number of carbonyl (C=O) groups excluding carboxylic acids is 1. The van der Waals surface area contributed by atoms with Crippen LogP contribution in [0.25, 0.3) is 6.08 Å². The number of hydrogen-bond donors (Lipinski definition) is 0. The summed E-state index contributed by atoms with van der Waals surface area (Å²) in [4.78, 5) is 23.5. The van der Waals surface area contributed by atoms with Crippen molar-refractivity contribution in [1.29, 1.82) is 0 Å². The lowest BCUT2D eigenvalue weighted by Crippen LogP contribution is -2.32. The Morgan fingerprint density at radius 3 is 2.90 bits per heavy atom. The third-order valence-electron chi connectivity index (χ3n) is 5.10. The van der Waals surface area contributed by atoms with Gasteiger partial charge in [0, 0.05) is 48.9 Å². The zero-order valence-corrected chi connectivity index (χ0v) is 16.0. The first-order chi connectivity index (χ1) is 14.2. The molecule has 0 saturated carbocycles. The molecule has 0 N–H and O–H groups in total. The normalized spacial score (nSPS) is 16.9. The van der Waals surface area contributed by atoms with Crippen LogP contribution in [0.15, 0.2) is 60.7 Å². The van der Waals surface area contributed by atoms with Crippen LogP contribution in [-0.4, -0.2) is 27.4 Å². The van der Waals surface area contributed by atoms with E-state index in [2.05, 4.69) is 14.9 Å². The molecule has 29 heavy (non-hydrogen) atoms. The quantitative estimate of drug-likeness (QED) is 0.640. The van der Waals surface area contributed by atoms with Crippen LogP contribution in [0.1, 0.15) is 32.7 Å². The highest BCUT2D eigenvalue weighted by Gasteiger charge is 2.33. The van der Waals surface area contributed by atoms with Gasteiger partial charge in [-0.1, -0.05) is 12.1 Å². The smallest absolute Gasteiger partial charge is 0.232 e. The maximum absolute atomic E-state index is 12.9. The summed E-state index contributed by atoms with van der Waals surface area (Å²) in [5.41, 5.74) is 4.24. The number of rotatable bonds is 3. The summed E-state index contributed by atoms with van der Waals surface area (Å²) in [6.07, 6.45) is 6.99. The lowest BCUT2D eigenvalue weighted by Gasteiger charge is -2.30. The summed E-state index contributed by atoms with van der Waals surface area (Å²) in [6, 6.07) is 11.4. The lowest BCUT2D eigenvalue weighted by atomic mass is 10.00. The van der Waals surface area contributed by atoms with Crippen molar-refractivity contribution in [2.45, 2.75) is 20.0 Å². The van der Waals surface area contributed by atoms with Gasteiger partial charge in [-0.25, -0.2) is 0 Å². The molecule has 0 aliphatic carbocycles. The second-order valence-electron chi connectivity index (χ2n) is 7.18. The summed E-state index contributed by atoms with van der Waals surface area (Å²) in [5, 5.41) is 0. The Morgan fingerprint density at radius 2 is 2.10 bits per heavy atom. The van der Waals surface area contributed by atoms with Gasteiger partial charge in [-0.2, -0.15) is 0 Å². The van der Waals surface area contributed by atoms with E-state index >= 15 is 0 Å². The minimum absolute atomic E-state index is 0.124. The van der Waals surface area contributed by atoms with E-state index in [1.807, 2.05) is 49.5 Å². The summed E-state index contributed by atoms with van der Waals surface area (Å²) in [7, 11) is 0. The molecule has 0 saturated heterocycles. The second-order valence-corrected chi connectivity index (χ2v) is 7.18. The highest BCUT2D eigenvalue weighted by Crippen LogP contribution is 2.43. The van der Waals surface area contributed by atoms with Gasteiger partial charge in [-0.15, -0.1) is 0 Å².